The second-order valence-corrected chi connectivity index (χ2v) is 7.14. The van der Waals surface area contributed by atoms with E-state index in [-0.39, 0.29) is 11.5 Å². The van der Waals surface area contributed by atoms with Gasteiger partial charge in [-0.3, -0.25) is 4.55 Å². The molecule has 1 N–H and O–H groups in total. The summed E-state index contributed by atoms with van der Waals surface area (Å²) in [5, 5.41) is 0. The zero-order chi connectivity index (χ0) is 14.1. The Morgan fingerprint density at radius 2 is 1.28 bits per heavy atom. The Morgan fingerprint density at radius 1 is 0.833 bits per heavy atom. The summed E-state index contributed by atoms with van der Waals surface area (Å²) in [4.78, 5) is 4.08. The Hall–Kier alpha value is -0.220. The maximum atomic E-state index is 11.0. The monoisotopic (exact) mass is 304 g/mol. The van der Waals surface area contributed by atoms with Crippen LogP contribution >= 0.6 is 0 Å². The molecule has 0 fully saturated rings. The molecule has 9 heteroatoms. The van der Waals surface area contributed by atoms with Gasteiger partial charge in [0.2, 0.25) is 0 Å². The van der Waals surface area contributed by atoms with E-state index in [9.17, 15) is 16.8 Å². The average Bonchev–Trinajstić information content (AvgIpc) is 2.20. The molecule has 0 rings (SSSR count). The summed E-state index contributed by atoms with van der Waals surface area (Å²) in [7, 11) is -6.31. The van der Waals surface area contributed by atoms with Gasteiger partial charge in [0.15, 0.2) is 0 Å². The molecule has 0 aliphatic heterocycles. The predicted octanol–water partition coefficient (Wildman–Crippen LogP) is 1.12. The van der Waals surface area contributed by atoms with Crippen molar-refractivity contribution in [2.75, 3.05) is 18.6 Å². The van der Waals surface area contributed by atoms with Crippen LogP contribution in [0.5, 0.6) is 0 Å². The maximum Gasteiger partial charge on any atom is 0.293 e. The number of hydrogen-bond donors (Lipinski definition) is 1. The molecule has 0 amide bonds. The Bertz CT molecular complexity index is 399. The highest BCUT2D eigenvalue weighted by atomic mass is 32.2. The molecule has 0 aromatic heterocycles. The van der Waals surface area contributed by atoms with E-state index in [1.54, 1.807) is 0 Å². The van der Waals surface area contributed by atoms with Gasteiger partial charge in [-0.05, 0) is 12.8 Å². The molecule has 0 unspecified atom stereocenters. The molecule has 0 radical (unpaired) electrons. The molecule has 0 heterocycles. The van der Waals surface area contributed by atoms with Crippen molar-refractivity contribution in [1.29, 1.82) is 0 Å². The third-order valence-electron chi connectivity index (χ3n) is 2.22. The van der Waals surface area contributed by atoms with E-state index >= 15 is 0 Å². The lowest BCUT2D eigenvalue weighted by Gasteiger charge is -2.02. The van der Waals surface area contributed by atoms with Crippen LogP contribution in [0.25, 0.3) is 0 Å². The van der Waals surface area contributed by atoms with Crippen molar-refractivity contribution in [2.45, 2.75) is 38.5 Å². The summed E-state index contributed by atoms with van der Waals surface area (Å²) < 4.78 is 55.4. The van der Waals surface area contributed by atoms with Crippen LogP contribution in [-0.2, 0) is 29.5 Å². The van der Waals surface area contributed by atoms with Crippen LogP contribution in [0.15, 0.2) is 0 Å². The molecule has 0 aromatic rings. The first-order valence-corrected chi connectivity index (χ1v) is 8.85. The molecule has 0 aliphatic rings. The van der Waals surface area contributed by atoms with E-state index in [0.29, 0.717) is 19.3 Å². The van der Waals surface area contributed by atoms with Gasteiger partial charge < -0.3 is 0 Å². The highest BCUT2D eigenvalue weighted by Gasteiger charge is 2.10. The Kier molecular flexibility index (Phi) is 8.70. The van der Waals surface area contributed by atoms with Crippen LogP contribution < -0.4 is 0 Å². The van der Waals surface area contributed by atoms with Gasteiger partial charge in [0, 0.05) is 0 Å². The van der Waals surface area contributed by atoms with Gasteiger partial charge in [-0.2, -0.15) is 16.8 Å². The van der Waals surface area contributed by atoms with Crippen molar-refractivity contribution in [3.8, 4) is 0 Å². The molecule has 7 nitrogen and oxygen atoms in total. The number of hydrogen-bond acceptors (Lipinski definition) is 6. The number of rotatable bonds is 11. The zero-order valence-corrected chi connectivity index (χ0v) is 12.0. The summed E-state index contributed by atoms with van der Waals surface area (Å²) in [5.74, 6) is -0.311. The summed E-state index contributed by atoms with van der Waals surface area (Å²) in [6, 6.07) is 0. The van der Waals surface area contributed by atoms with Gasteiger partial charge in [0.1, 0.15) is 0 Å². The average molecular weight is 304 g/mol. The van der Waals surface area contributed by atoms with Crippen LogP contribution in [0.3, 0.4) is 0 Å². The van der Waals surface area contributed by atoms with E-state index in [2.05, 4.69) is 9.22 Å². The van der Waals surface area contributed by atoms with Gasteiger partial charge in [0.05, 0.1) is 18.6 Å². The summed E-state index contributed by atoms with van der Waals surface area (Å²) >= 11 is 0. The Labute approximate surface area is 108 Å². The quantitative estimate of drug-likeness (QED) is 0.264. The zero-order valence-electron chi connectivity index (χ0n) is 10.4. The lowest BCUT2D eigenvalue weighted by atomic mass is 10.1. The highest BCUT2D eigenvalue weighted by Crippen LogP contribution is 2.08. The van der Waals surface area contributed by atoms with Gasteiger partial charge in [-0.25, -0.2) is 4.89 Å². The third kappa shape index (κ3) is 12.2. The van der Waals surface area contributed by atoms with Crippen molar-refractivity contribution in [1.82, 2.24) is 0 Å². The molecule has 0 aliphatic carbocycles. The standard InChI is InChI=1S/C9H20O7S2/c1-15-16-18(13,14)9-7-5-3-2-4-6-8-17(10,11)12/h2-9H2,1H3,(H,10,11,12). The van der Waals surface area contributed by atoms with E-state index in [1.165, 1.54) is 0 Å². The van der Waals surface area contributed by atoms with Crippen molar-refractivity contribution in [3.05, 3.63) is 0 Å². The first-order valence-electron chi connectivity index (χ1n) is 5.67. The van der Waals surface area contributed by atoms with Crippen LogP contribution in [-0.4, -0.2) is 40.0 Å². The van der Waals surface area contributed by atoms with Crippen molar-refractivity contribution < 1.29 is 30.6 Å². The maximum absolute atomic E-state index is 11.0. The molecular weight excluding hydrogens is 284 g/mol. The minimum absolute atomic E-state index is 0.0914. The molecule has 0 bridgehead atoms. The fraction of sp³-hybridized carbons (Fsp3) is 1.00. The van der Waals surface area contributed by atoms with E-state index in [0.717, 1.165) is 26.4 Å². The lowest BCUT2D eigenvalue weighted by molar-refractivity contribution is -0.172. The van der Waals surface area contributed by atoms with Crippen LogP contribution in [0.4, 0.5) is 0 Å². The fourth-order valence-electron chi connectivity index (χ4n) is 1.41. The van der Waals surface area contributed by atoms with Crippen LogP contribution in [0.1, 0.15) is 38.5 Å². The summed E-state index contributed by atoms with van der Waals surface area (Å²) in [5.41, 5.74) is 0. The first-order chi connectivity index (χ1) is 8.27. The highest BCUT2D eigenvalue weighted by molar-refractivity contribution is 7.86. The molecule has 0 saturated carbocycles. The topological polar surface area (TPSA) is 107 Å². The van der Waals surface area contributed by atoms with Crippen molar-refractivity contribution >= 4 is 20.2 Å². The van der Waals surface area contributed by atoms with Crippen molar-refractivity contribution in [3.63, 3.8) is 0 Å². The Morgan fingerprint density at radius 3 is 1.72 bits per heavy atom. The van der Waals surface area contributed by atoms with Gasteiger partial charge in [0.25, 0.3) is 20.2 Å². The van der Waals surface area contributed by atoms with Crippen molar-refractivity contribution in [2.24, 2.45) is 0 Å². The molecule has 0 atom stereocenters. The third-order valence-corrected chi connectivity index (χ3v) is 4.16. The van der Waals surface area contributed by atoms with Gasteiger partial charge in [-0.15, -0.1) is 4.33 Å². The van der Waals surface area contributed by atoms with E-state index in [1.807, 2.05) is 0 Å². The SMILES string of the molecule is COOS(=O)(=O)CCCCCCCCS(=O)(=O)O. The normalized spacial score (nSPS) is 12.8. The minimum atomic E-state index is -3.86. The van der Waals surface area contributed by atoms with Gasteiger partial charge in [-0.1, -0.05) is 25.7 Å². The predicted molar refractivity (Wildman–Crippen MR) is 66.0 cm³/mol. The molecule has 110 valence electrons. The van der Waals surface area contributed by atoms with Gasteiger partial charge >= 0.3 is 0 Å². The lowest BCUT2D eigenvalue weighted by Crippen LogP contribution is -2.09. The van der Waals surface area contributed by atoms with Crippen LogP contribution in [0.2, 0.25) is 0 Å². The summed E-state index contributed by atoms with van der Waals surface area (Å²) in [6.45, 7) is 0. The van der Waals surface area contributed by atoms with Crippen LogP contribution in [0, 0.1) is 0 Å². The van der Waals surface area contributed by atoms with E-state index in [4.69, 9.17) is 4.55 Å². The minimum Gasteiger partial charge on any atom is -0.286 e. The second-order valence-electron chi connectivity index (χ2n) is 3.90. The van der Waals surface area contributed by atoms with E-state index < -0.39 is 20.2 Å². The molecule has 0 aromatic carbocycles. The molecular formula is C9H20O7S2. The number of unbranched alkanes of at least 4 members (excludes halogenated alkanes) is 5. The fourth-order valence-corrected chi connectivity index (χ4v) is 2.81. The molecule has 0 saturated heterocycles. The summed E-state index contributed by atoms with van der Waals surface area (Å²) in [6.07, 6.45) is 3.93. The largest absolute Gasteiger partial charge is 0.293 e. The molecule has 0 spiro atoms. The Balaban J connectivity index is 3.42. The molecule has 18 heavy (non-hydrogen) atoms. The second kappa shape index (κ2) is 8.81. The smallest absolute Gasteiger partial charge is 0.286 e. The first kappa shape index (κ1) is 17.8.